The van der Waals surface area contributed by atoms with Gasteiger partial charge in [-0.05, 0) is 36.4 Å². The van der Waals surface area contributed by atoms with Gasteiger partial charge in [-0.15, -0.1) is 0 Å². The Morgan fingerprint density at radius 1 is 1.05 bits per heavy atom. The number of ether oxygens (including phenoxy) is 2. The van der Waals surface area contributed by atoms with Crippen LogP contribution >= 0.6 is 23.2 Å². The molecular formula is C15H13Cl2NO3. The van der Waals surface area contributed by atoms with Crippen molar-refractivity contribution in [1.29, 1.82) is 0 Å². The standard InChI is InChI=1S/C15H13Cl2NO3/c1-20-10-4-6-14(21-2)11(8-10)15(19)18-13-7-9(16)3-5-12(13)17/h3-8H,1-2H3,(H,18,19). The molecule has 4 nitrogen and oxygen atoms in total. The van der Waals surface area contributed by atoms with Gasteiger partial charge in [0, 0.05) is 5.02 Å². The van der Waals surface area contributed by atoms with Crippen LogP contribution in [0.2, 0.25) is 10.0 Å². The van der Waals surface area contributed by atoms with Gasteiger partial charge in [-0.25, -0.2) is 0 Å². The smallest absolute Gasteiger partial charge is 0.259 e. The molecule has 0 aliphatic rings. The Hall–Kier alpha value is -1.91. The summed E-state index contributed by atoms with van der Waals surface area (Å²) >= 11 is 11.9. The van der Waals surface area contributed by atoms with Crippen molar-refractivity contribution in [1.82, 2.24) is 0 Å². The van der Waals surface area contributed by atoms with E-state index in [9.17, 15) is 4.79 Å². The van der Waals surface area contributed by atoms with E-state index in [1.54, 1.807) is 36.4 Å². The largest absolute Gasteiger partial charge is 0.497 e. The first-order chi connectivity index (χ1) is 10.0. The molecule has 2 rings (SSSR count). The molecular weight excluding hydrogens is 313 g/mol. The number of amides is 1. The highest BCUT2D eigenvalue weighted by Crippen LogP contribution is 2.28. The van der Waals surface area contributed by atoms with Crippen molar-refractivity contribution in [2.45, 2.75) is 0 Å². The number of nitrogens with one attached hydrogen (secondary N) is 1. The highest BCUT2D eigenvalue weighted by atomic mass is 35.5. The van der Waals surface area contributed by atoms with Gasteiger partial charge in [0.25, 0.3) is 5.91 Å². The zero-order valence-electron chi connectivity index (χ0n) is 11.4. The van der Waals surface area contributed by atoms with Crippen LogP contribution in [0.3, 0.4) is 0 Å². The lowest BCUT2D eigenvalue weighted by Gasteiger charge is -2.12. The van der Waals surface area contributed by atoms with E-state index in [0.717, 1.165) is 0 Å². The molecule has 0 aliphatic carbocycles. The summed E-state index contributed by atoms with van der Waals surface area (Å²) in [5.74, 6) is 0.625. The number of benzene rings is 2. The maximum Gasteiger partial charge on any atom is 0.259 e. The van der Waals surface area contributed by atoms with E-state index in [1.807, 2.05) is 0 Å². The van der Waals surface area contributed by atoms with Gasteiger partial charge in [0.1, 0.15) is 11.5 Å². The molecule has 2 aromatic rings. The number of halogens is 2. The van der Waals surface area contributed by atoms with Crippen LogP contribution < -0.4 is 14.8 Å². The monoisotopic (exact) mass is 325 g/mol. The molecule has 1 amide bonds. The van der Waals surface area contributed by atoms with Crippen LogP contribution in [0.5, 0.6) is 11.5 Å². The van der Waals surface area contributed by atoms with E-state index in [2.05, 4.69) is 5.32 Å². The van der Waals surface area contributed by atoms with Crippen molar-refractivity contribution >= 4 is 34.8 Å². The molecule has 2 aromatic carbocycles. The van der Waals surface area contributed by atoms with Crippen LogP contribution in [0.4, 0.5) is 5.69 Å². The number of methoxy groups -OCH3 is 2. The molecule has 110 valence electrons. The van der Waals surface area contributed by atoms with Crippen LogP contribution in [0, 0.1) is 0 Å². The highest BCUT2D eigenvalue weighted by molar-refractivity contribution is 6.35. The lowest BCUT2D eigenvalue weighted by Crippen LogP contribution is -2.13. The third kappa shape index (κ3) is 3.60. The SMILES string of the molecule is COc1ccc(OC)c(C(=O)Nc2cc(Cl)ccc2Cl)c1. The zero-order chi connectivity index (χ0) is 15.4. The van der Waals surface area contributed by atoms with E-state index in [1.165, 1.54) is 14.2 Å². The van der Waals surface area contributed by atoms with Gasteiger partial charge < -0.3 is 14.8 Å². The summed E-state index contributed by atoms with van der Waals surface area (Å²) < 4.78 is 10.3. The number of carbonyl (C=O) groups excluding carboxylic acids is 1. The van der Waals surface area contributed by atoms with Crippen molar-refractivity contribution in [3.8, 4) is 11.5 Å². The van der Waals surface area contributed by atoms with Gasteiger partial charge in [-0.3, -0.25) is 4.79 Å². The highest BCUT2D eigenvalue weighted by Gasteiger charge is 2.15. The first-order valence-corrected chi connectivity index (χ1v) is 6.79. The van der Waals surface area contributed by atoms with Crippen molar-refractivity contribution in [2.75, 3.05) is 19.5 Å². The summed E-state index contributed by atoms with van der Waals surface area (Å²) in [6, 6.07) is 9.80. The van der Waals surface area contributed by atoms with E-state index in [-0.39, 0.29) is 5.91 Å². The molecule has 0 heterocycles. The Labute approximate surface area is 132 Å². The average molecular weight is 326 g/mol. The van der Waals surface area contributed by atoms with Gasteiger partial charge in [0.2, 0.25) is 0 Å². The van der Waals surface area contributed by atoms with Gasteiger partial charge in [0.05, 0.1) is 30.5 Å². The van der Waals surface area contributed by atoms with Gasteiger partial charge >= 0.3 is 0 Å². The predicted octanol–water partition coefficient (Wildman–Crippen LogP) is 4.26. The van der Waals surface area contributed by atoms with Gasteiger partial charge in [-0.1, -0.05) is 23.2 Å². The molecule has 0 radical (unpaired) electrons. The normalized spacial score (nSPS) is 10.1. The van der Waals surface area contributed by atoms with Crippen LogP contribution in [-0.4, -0.2) is 20.1 Å². The minimum absolute atomic E-state index is 0.341. The number of hydrogen-bond acceptors (Lipinski definition) is 3. The second-order valence-electron chi connectivity index (χ2n) is 4.14. The van der Waals surface area contributed by atoms with Crippen molar-refractivity contribution in [3.05, 3.63) is 52.0 Å². The average Bonchev–Trinajstić information content (AvgIpc) is 2.50. The fourth-order valence-electron chi connectivity index (χ4n) is 1.77. The van der Waals surface area contributed by atoms with Crippen molar-refractivity contribution < 1.29 is 14.3 Å². The summed E-state index contributed by atoms with van der Waals surface area (Å²) in [6.45, 7) is 0. The van der Waals surface area contributed by atoms with Gasteiger partial charge in [0.15, 0.2) is 0 Å². The summed E-state index contributed by atoms with van der Waals surface area (Å²) in [4.78, 5) is 12.4. The lowest BCUT2D eigenvalue weighted by molar-refractivity contribution is 0.102. The molecule has 0 saturated heterocycles. The Bertz CT molecular complexity index is 674. The summed E-state index contributed by atoms with van der Waals surface area (Å²) in [6.07, 6.45) is 0. The Morgan fingerprint density at radius 3 is 2.48 bits per heavy atom. The van der Waals surface area contributed by atoms with Crippen LogP contribution in [0.25, 0.3) is 0 Å². The molecule has 0 aromatic heterocycles. The van der Waals surface area contributed by atoms with E-state index in [4.69, 9.17) is 32.7 Å². The number of carbonyl (C=O) groups is 1. The topological polar surface area (TPSA) is 47.6 Å². The first kappa shape index (κ1) is 15.5. The third-order valence-electron chi connectivity index (χ3n) is 2.83. The second kappa shape index (κ2) is 6.70. The Balaban J connectivity index is 2.33. The fraction of sp³-hybridized carbons (Fsp3) is 0.133. The molecule has 0 bridgehead atoms. The summed E-state index contributed by atoms with van der Waals surface area (Å²) in [5, 5.41) is 3.58. The van der Waals surface area contributed by atoms with Crippen LogP contribution in [-0.2, 0) is 0 Å². The van der Waals surface area contributed by atoms with Gasteiger partial charge in [-0.2, -0.15) is 0 Å². The fourth-order valence-corrected chi connectivity index (χ4v) is 2.11. The van der Waals surface area contributed by atoms with E-state index in [0.29, 0.717) is 32.8 Å². The summed E-state index contributed by atoms with van der Waals surface area (Å²) in [7, 11) is 3.02. The minimum Gasteiger partial charge on any atom is -0.497 e. The Kier molecular flexibility index (Phi) is 4.94. The molecule has 1 N–H and O–H groups in total. The van der Waals surface area contributed by atoms with Crippen LogP contribution in [0.1, 0.15) is 10.4 Å². The molecule has 0 aliphatic heterocycles. The van der Waals surface area contributed by atoms with E-state index < -0.39 is 0 Å². The molecule has 0 fully saturated rings. The maximum atomic E-state index is 12.4. The molecule has 0 saturated carbocycles. The van der Waals surface area contributed by atoms with E-state index >= 15 is 0 Å². The molecule has 6 heteroatoms. The number of rotatable bonds is 4. The molecule has 21 heavy (non-hydrogen) atoms. The quantitative estimate of drug-likeness (QED) is 0.913. The molecule has 0 spiro atoms. The van der Waals surface area contributed by atoms with Crippen molar-refractivity contribution in [2.24, 2.45) is 0 Å². The van der Waals surface area contributed by atoms with Crippen molar-refractivity contribution in [3.63, 3.8) is 0 Å². The number of anilines is 1. The third-order valence-corrected chi connectivity index (χ3v) is 3.39. The maximum absolute atomic E-state index is 12.4. The second-order valence-corrected chi connectivity index (χ2v) is 4.99. The zero-order valence-corrected chi connectivity index (χ0v) is 13.0. The number of hydrogen-bond donors (Lipinski definition) is 1. The molecule has 0 atom stereocenters. The first-order valence-electron chi connectivity index (χ1n) is 6.03. The van der Waals surface area contributed by atoms with Crippen LogP contribution in [0.15, 0.2) is 36.4 Å². The molecule has 0 unspecified atom stereocenters. The summed E-state index contributed by atoms with van der Waals surface area (Å²) in [5.41, 5.74) is 0.770. The Morgan fingerprint density at radius 2 is 1.81 bits per heavy atom. The lowest BCUT2D eigenvalue weighted by atomic mass is 10.1. The minimum atomic E-state index is -0.366. The predicted molar refractivity (Wildman–Crippen MR) is 84.0 cm³/mol.